The van der Waals surface area contributed by atoms with Crippen molar-refractivity contribution in [3.8, 4) is 17.5 Å². The Morgan fingerprint density at radius 2 is 2.10 bits per heavy atom. The zero-order chi connectivity index (χ0) is 20.7. The van der Waals surface area contributed by atoms with Gasteiger partial charge in [-0.1, -0.05) is 13.8 Å². The van der Waals surface area contributed by atoms with Gasteiger partial charge in [0.15, 0.2) is 5.78 Å². The molecule has 2 aromatic heterocycles. The van der Waals surface area contributed by atoms with E-state index in [0.717, 1.165) is 30.5 Å². The summed E-state index contributed by atoms with van der Waals surface area (Å²) in [5.41, 5.74) is 3.83. The van der Waals surface area contributed by atoms with Crippen LogP contribution in [0.2, 0.25) is 0 Å². The second-order valence-electron chi connectivity index (χ2n) is 8.36. The van der Waals surface area contributed by atoms with Crippen LogP contribution >= 0.6 is 0 Å². The summed E-state index contributed by atoms with van der Waals surface area (Å²) in [4.78, 5) is 16.9. The number of rotatable bonds is 5. The largest absolute Gasteiger partial charge is 0.335 e. The molecular weight excluding hydrogens is 365 g/mol. The summed E-state index contributed by atoms with van der Waals surface area (Å²) in [6, 6.07) is 9.43. The van der Waals surface area contributed by atoms with Crippen molar-refractivity contribution < 1.29 is 9.18 Å². The average Bonchev–Trinajstić information content (AvgIpc) is 2.93. The van der Waals surface area contributed by atoms with Crippen molar-refractivity contribution >= 4 is 16.7 Å². The molecule has 5 heteroatoms. The van der Waals surface area contributed by atoms with Crippen LogP contribution in [-0.2, 0) is 0 Å². The summed E-state index contributed by atoms with van der Waals surface area (Å²) >= 11 is 0. The van der Waals surface area contributed by atoms with E-state index in [1.165, 1.54) is 6.07 Å². The summed E-state index contributed by atoms with van der Waals surface area (Å²) < 4.78 is 16.4. The van der Waals surface area contributed by atoms with Gasteiger partial charge in [0.2, 0.25) is 0 Å². The van der Waals surface area contributed by atoms with Crippen molar-refractivity contribution in [3.63, 3.8) is 0 Å². The van der Waals surface area contributed by atoms with Gasteiger partial charge in [-0.05, 0) is 61.9 Å². The molecule has 148 valence electrons. The molecule has 29 heavy (non-hydrogen) atoms. The molecule has 1 aliphatic carbocycles. The first-order valence-electron chi connectivity index (χ1n) is 10.1. The predicted molar refractivity (Wildman–Crippen MR) is 111 cm³/mol. The highest BCUT2D eigenvalue weighted by Crippen LogP contribution is 2.42. The molecule has 0 bridgehead atoms. The molecule has 4 nitrogen and oxygen atoms in total. The Kier molecular flexibility index (Phi) is 4.96. The predicted octanol–water partition coefficient (Wildman–Crippen LogP) is 5.98. The van der Waals surface area contributed by atoms with Gasteiger partial charge in [0.1, 0.15) is 11.9 Å². The highest BCUT2D eigenvalue weighted by atomic mass is 19.1. The maximum absolute atomic E-state index is 14.3. The van der Waals surface area contributed by atoms with Crippen LogP contribution in [0.5, 0.6) is 0 Å². The maximum Gasteiger partial charge on any atom is 0.164 e. The van der Waals surface area contributed by atoms with Gasteiger partial charge >= 0.3 is 0 Å². The Balaban J connectivity index is 1.89. The lowest BCUT2D eigenvalue weighted by atomic mass is 9.92. The van der Waals surface area contributed by atoms with Crippen LogP contribution in [0.1, 0.15) is 67.1 Å². The van der Waals surface area contributed by atoms with Crippen LogP contribution in [0.25, 0.3) is 22.3 Å². The number of pyridine rings is 1. The molecular formula is C24H24FN3O. The monoisotopic (exact) mass is 389 g/mol. The van der Waals surface area contributed by atoms with Gasteiger partial charge in [-0.2, -0.15) is 5.26 Å². The Morgan fingerprint density at radius 1 is 1.34 bits per heavy atom. The van der Waals surface area contributed by atoms with Crippen LogP contribution in [0.3, 0.4) is 0 Å². The van der Waals surface area contributed by atoms with E-state index in [4.69, 9.17) is 0 Å². The van der Waals surface area contributed by atoms with E-state index >= 15 is 0 Å². The molecule has 1 aliphatic rings. The molecule has 0 atom stereocenters. The molecule has 1 saturated carbocycles. The number of fused-ring (bicyclic) bond motifs is 1. The molecule has 0 N–H and O–H groups in total. The van der Waals surface area contributed by atoms with Crippen LogP contribution in [0.4, 0.5) is 4.39 Å². The third-order valence-corrected chi connectivity index (χ3v) is 5.76. The normalized spacial score (nSPS) is 14.2. The van der Waals surface area contributed by atoms with Gasteiger partial charge in [0.25, 0.3) is 0 Å². The van der Waals surface area contributed by atoms with Gasteiger partial charge in [0, 0.05) is 29.6 Å². The number of nitriles is 1. The van der Waals surface area contributed by atoms with E-state index in [1.54, 1.807) is 25.3 Å². The minimum Gasteiger partial charge on any atom is -0.335 e. The highest BCUT2D eigenvalue weighted by molar-refractivity contribution is 5.97. The molecule has 0 spiro atoms. The smallest absolute Gasteiger partial charge is 0.164 e. The molecule has 4 rings (SSSR count). The lowest BCUT2D eigenvalue weighted by Gasteiger charge is -2.30. The molecule has 2 heterocycles. The van der Waals surface area contributed by atoms with Gasteiger partial charge < -0.3 is 4.57 Å². The molecule has 1 aromatic carbocycles. The second-order valence-corrected chi connectivity index (χ2v) is 8.36. The zero-order valence-electron chi connectivity index (χ0n) is 17.0. The van der Waals surface area contributed by atoms with Gasteiger partial charge in [-0.15, -0.1) is 0 Å². The summed E-state index contributed by atoms with van der Waals surface area (Å²) in [6.07, 6.45) is 5.27. The van der Waals surface area contributed by atoms with Crippen molar-refractivity contribution in [2.24, 2.45) is 5.92 Å². The van der Waals surface area contributed by atoms with Gasteiger partial charge in [-0.25, -0.2) is 4.39 Å². The molecule has 3 aromatic rings. The first kappa shape index (κ1) is 19.3. The number of nitrogens with zero attached hydrogens (tertiary/aromatic N) is 3. The van der Waals surface area contributed by atoms with E-state index in [9.17, 15) is 14.4 Å². The second kappa shape index (κ2) is 7.44. The van der Waals surface area contributed by atoms with E-state index in [2.05, 4.69) is 15.6 Å². The van der Waals surface area contributed by atoms with E-state index in [0.29, 0.717) is 34.2 Å². The van der Waals surface area contributed by atoms with Gasteiger partial charge in [-0.3, -0.25) is 9.78 Å². The Morgan fingerprint density at radius 3 is 2.66 bits per heavy atom. The topological polar surface area (TPSA) is 58.7 Å². The Bertz CT molecular complexity index is 1130. The number of hydrogen-bond donors (Lipinski definition) is 0. The Hall–Kier alpha value is -3.00. The number of hydrogen-bond acceptors (Lipinski definition) is 3. The average molecular weight is 389 g/mol. The molecule has 0 saturated heterocycles. The molecule has 1 fully saturated rings. The summed E-state index contributed by atoms with van der Waals surface area (Å²) in [5.74, 6) is 0.0392. The lowest BCUT2D eigenvalue weighted by Crippen LogP contribution is -2.18. The van der Waals surface area contributed by atoms with Crippen LogP contribution in [0, 0.1) is 30.0 Å². The van der Waals surface area contributed by atoms with E-state index < -0.39 is 0 Å². The van der Waals surface area contributed by atoms with Crippen molar-refractivity contribution in [3.05, 3.63) is 53.0 Å². The number of carbonyl (C=O) groups excluding carboxylic acids is 1. The number of halogens is 1. The zero-order valence-corrected chi connectivity index (χ0v) is 17.0. The molecule has 0 aliphatic heterocycles. The molecule has 0 unspecified atom stereocenters. The van der Waals surface area contributed by atoms with Crippen LogP contribution in [-0.4, -0.2) is 15.3 Å². The van der Waals surface area contributed by atoms with Crippen LogP contribution in [0.15, 0.2) is 30.5 Å². The fourth-order valence-electron chi connectivity index (χ4n) is 4.01. The maximum atomic E-state index is 14.3. The fourth-order valence-corrected chi connectivity index (χ4v) is 4.01. The first-order valence-corrected chi connectivity index (χ1v) is 10.1. The van der Waals surface area contributed by atoms with Crippen molar-refractivity contribution in [2.75, 3.05) is 0 Å². The number of aromatic nitrogens is 2. The minimum absolute atomic E-state index is 0.0665. The highest BCUT2D eigenvalue weighted by Gasteiger charge is 2.29. The quantitative estimate of drug-likeness (QED) is 0.505. The third kappa shape index (κ3) is 3.33. The first-order chi connectivity index (χ1) is 13.9. The molecule has 0 amide bonds. The number of Topliss-reactive ketones (excluding diaryl/α,β-unsaturated/α-hetero) is 1. The van der Waals surface area contributed by atoms with E-state index in [1.807, 2.05) is 19.9 Å². The third-order valence-electron chi connectivity index (χ3n) is 5.76. The summed E-state index contributed by atoms with van der Waals surface area (Å²) in [7, 11) is 0. The van der Waals surface area contributed by atoms with E-state index in [-0.39, 0.29) is 23.6 Å². The number of carbonyl (C=O) groups is 1. The minimum atomic E-state index is -0.311. The van der Waals surface area contributed by atoms with Crippen LogP contribution < -0.4 is 0 Å². The molecule has 0 radical (unpaired) electrons. The number of benzene rings is 1. The Labute approximate surface area is 170 Å². The SMILES string of the molecule is Cc1cc2c(cc1F)c(C#N)c(-c1ccc(C(=O)CC(C)C)cn1)n2C1CCC1. The van der Waals surface area contributed by atoms with Crippen molar-refractivity contribution in [1.29, 1.82) is 5.26 Å². The number of aryl methyl sites for hydroxylation is 1. The fraction of sp³-hybridized carbons (Fsp3) is 0.375. The summed E-state index contributed by atoms with van der Waals surface area (Å²) in [5, 5.41) is 10.5. The van der Waals surface area contributed by atoms with Crippen molar-refractivity contribution in [1.82, 2.24) is 9.55 Å². The standard InChI is InChI=1S/C24H24FN3O/c1-14(2)9-23(29)16-7-8-21(27-13-16)24-19(12-26)18-11-20(25)15(3)10-22(18)28(24)17-5-4-6-17/h7-8,10-11,13-14,17H,4-6,9H2,1-3H3. The number of ketones is 1. The van der Waals surface area contributed by atoms with Gasteiger partial charge in [0.05, 0.1) is 22.5 Å². The summed E-state index contributed by atoms with van der Waals surface area (Å²) in [6.45, 7) is 5.76. The van der Waals surface area contributed by atoms with Crippen molar-refractivity contribution in [2.45, 2.75) is 52.5 Å². The lowest BCUT2D eigenvalue weighted by molar-refractivity contribution is 0.0967.